The third-order valence-corrected chi connectivity index (χ3v) is 5.79. The molecule has 11 heteroatoms. The minimum Gasteiger partial charge on any atom is -0.493 e. The Kier molecular flexibility index (Phi) is 7.26. The van der Waals surface area contributed by atoms with Gasteiger partial charge >= 0.3 is 6.03 Å². The van der Waals surface area contributed by atoms with E-state index >= 15 is 0 Å². The number of urea groups is 1. The van der Waals surface area contributed by atoms with Crippen molar-refractivity contribution in [1.82, 2.24) is 20.0 Å². The van der Waals surface area contributed by atoms with Crippen LogP contribution >= 0.6 is 11.6 Å². The summed E-state index contributed by atoms with van der Waals surface area (Å²) < 4.78 is 24.7. The molecule has 0 aromatic carbocycles. The second kappa shape index (κ2) is 9.27. The Hall–Kier alpha value is -2.59. The summed E-state index contributed by atoms with van der Waals surface area (Å²) in [5.74, 6) is -2.51. The van der Waals surface area contributed by atoms with Crippen LogP contribution in [-0.2, 0) is 16.8 Å². The van der Waals surface area contributed by atoms with Crippen LogP contribution in [-0.4, -0.2) is 58.0 Å². The van der Waals surface area contributed by atoms with E-state index in [1.807, 2.05) is 13.8 Å². The van der Waals surface area contributed by atoms with Crippen LogP contribution in [0.4, 0.5) is 4.79 Å². The molecule has 0 fully saturated rings. The van der Waals surface area contributed by atoms with Crippen molar-refractivity contribution in [2.24, 2.45) is 5.92 Å². The highest BCUT2D eigenvalue weighted by Gasteiger charge is 2.37. The Bertz CT molecular complexity index is 1030. The summed E-state index contributed by atoms with van der Waals surface area (Å²) >= 11 is 6.44. The largest absolute Gasteiger partial charge is 0.493 e. The fraction of sp³-hybridized carbons (Fsp3) is 0.444. The van der Waals surface area contributed by atoms with Crippen molar-refractivity contribution in [3.8, 4) is 5.88 Å². The molecule has 0 radical (unpaired) electrons. The second-order valence-corrected chi connectivity index (χ2v) is 7.63. The number of ketones is 1. The summed E-state index contributed by atoms with van der Waals surface area (Å²) in [6.07, 6.45) is 2.45. The van der Waals surface area contributed by atoms with E-state index in [0.717, 1.165) is 6.20 Å². The molecule has 2 rings (SSSR count). The number of nitrogens with zero attached hydrogens (tertiary/aromatic N) is 3. The van der Waals surface area contributed by atoms with Gasteiger partial charge in [-0.2, -0.15) is 13.5 Å². The first-order chi connectivity index (χ1) is 13.7. The van der Waals surface area contributed by atoms with Crippen molar-refractivity contribution >= 4 is 38.6 Å². The van der Waals surface area contributed by atoms with Crippen LogP contribution in [0.3, 0.4) is 0 Å². The Balaban J connectivity index is 2.56. The highest BCUT2D eigenvalue weighted by molar-refractivity contribution is 7.73. The molecule has 0 spiro atoms. The number of carbonyl (C=O) groups is 2. The summed E-state index contributed by atoms with van der Waals surface area (Å²) in [5, 5.41) is 16.6. The molecule has 1 heterocycles. The smallest absolute Gasteiger partial charge is 0.321 e. The number of halogens is 1. The monoisotopic (exact) mass is 442 g/mol. The average molecular weight is 443 g/mol. The Morgan fingerprint density at radius 3 is 2.41 bits per heavy atom. The number of aryl methyl sites for hydroxylation is 1. The molecule has 1 aromatic heterocycles. The molecule has 1 aliphatic carbocycles. The molecule has 1 aromatic rings. The van der Waals surface area contributed by atoms with Crippen molar-refractivity contribution in [2.75, 3.05) is 13.1 Å². The minimum absolute atomic E-state index is 0.140. The van der Waals surface area contributed by atoms with E-state index in [9.17, 15) is 23.1 Å². The van der Waals surface area contributed by atoms with Crippen molar-refractivity contribution in [3.05, 3.63) is 34.1 Å². The van der Waals surface area contributed by atoms with Gasteiger partial charge in [0.1, 0.15) is 11.5 Å². The number of hydrogen-bond donors (Lipinski definition) is 2. The first-order valence-electron chi connectivity index (χ1n) is 9.07. The fourth-order valence-corrected chi connectivity index (χ4v) is 4.18. The Morgan fingerprint density at radius 2 is 1.93 bits per heavy atom. The number of allylic oxidation sites excluding steroid dienone is 3. The van der Waals surface area contributed by atoms with E-state index in [4.69, 9.17) is 11.6 Å². The predicted molar refractivity (Wildman–Crippen MR) is 109 cm³/mol. The topological polar surface area (TPSA) is 122 Å². The van der Waals surface area contributed by atoms with Gasteiger partial charge in [0.05, 0.1) is 21.8 Å². The van der Waals surface area contributed by atoms with Gasteiger partial charge in [-0.15, -0.1) is 0 Å². The summed E-state index contributed by atoms with van der Waals surface area (Å²) in [7, 11) is -2.74. The van der Waals surface area contributed by atoms with Crippen molar-refractivity contribution in [2.45, 2.75) is 34.2 Å². The van der Waals surface area contributed by atoms with Gasteiger partial charge in [-0.3, -0.25) is 4.79 Å². The van der Waals surface area contributed by atoms with Gasteiger partial charge in [-0.05, 0) is 39.3 Å². The number of carbonyl (C=O) groups excluding carboxylic acids is 2. The van der Waals surface area contributed by atoms with Crippen LogP contribution in [0, 0.1) is 5.92 Å². The number of hydrogen-bond acceptors (Lipinski definition) is 6. The van der Waals surface area contributed by atoms with Gasteiger partial charge in [-0.1, -0.05) is 11.6 Å². The molecule has 9 nitrogen and oxygen atoms in total. The molecule has 2 amide bonds. The summed E-state index contributed by atoms with van der Waals surface area (Å²) in [6, 6.07) is -0.421. The van der Waals surface area contributed by atoms with E-state index in [-0.39, 0.29) is 27.0 Å². The molecule has 29 heavy (non-hydrogen) atoms. The molecular formula is C18H23ClN4O5S. The van der Waals surface area contributed by atoms with Crippen molar-refractivity contribution in [1.29, 1.82) is 0 Å². The maximum Gasteiger partial charge on any atom is 0.321 e. The van der Waals surface area contributed by atoms with E-state index < -0.39 is 28.0 Å². The lowest BCUT2D eigenvalue weighted by Crippen LogP contribution is -2.41. The number of rotatable bonds is 6. The lowest BCUT2D eigenvalue weighted by atomic mass is 9.88. The van der Waals surface area contributed by atoms with Crippen molar-refractivity contribution < 1.29 is 23.1 Å². The van der Waals surface area contributed by atoms with Crippen LogP contribution in [0.15, 0.2) is 28.6 Å². The third kappa shape index (κ3) is 4.38. The number of amides is 2. The molecule has 1 unspecified atom stereocenters. The highest BCUT2D eigenvalue weighted by atomic mass is 35.5. The maximum absolute atomic E-state index is 13.1. The normalized spacial score (nSPS) is 16.5. The highest BCUT2D eigenvalue weighted by Crippen LogP contribution is 2.34. The standard InChI is InChI=1S/C18H23ClN4O5S/c1-5-22(6-2)18(26)21-15-10(4)8-12(29(27)28)13(14(15)19)16(24)11-9-20-23(7-3)17(11)25/h8-9,13,25H,5-7H2,1-4H3,(H,21,26). The number of Topliss-reactive ketones (excluding diaryl/α,β-unsaturated/α-hetero) is 1. The van der Waals surface area contributed by atoms with E-state index in [1.165, 1.54) is 15.7 Å². The fourth-order valence-electron chi connectivity index (χ4n) is 3.01. The van der Waals surface area contributed by atoms with Crippen LogP contribution < -0.4 is 5.32 Å². The maximum atomic E-state index is 13.1. The van der Waals surface area contributed by atoms with Crippen LogP contribution in [0.2, 0.25) is 0 Å². The zero-order chi connectivity index (χ0) is 21.9. The first-order valence-corrected chi connectivity index (χ1v) is 10.5. The first kappa shape index (κ1) is 22.7. The van der Waals surface area contributed by atoms with Crippen LogP contribution in [0.5, 0.6) is 5.88 Å². The molecular weight excluding hydrogens is 420 g/mol. The zero-order valence-corrected chi connectivity index (χ0v) is 18.1. The average Bonchev–Trinajstić information content (AvgIpc) is 3.05. The van der Waals surface area contributed by atoms with Crippen LogP contribution in [0.25, 0.3) is 0 Å². The summed E-state index contributed by atoms with van der Waals surface area (Å²) in [6.45, 7) is 8.19. The van der Waals surface area contributed by atoms with Gasteiger partial charge in [0.2, 0.25) is 16.2 Å². The molecule has 1 atom stereocenters. The Labute approximate surface area is 175 Å². The summed E-state index contributed by atoms with van der Waals surface area (Å²) in [5.41, 5.74) is 0.408. The van der Waals surface area contributed by atoms with Crippen LogP contribution in [0.1, 0.15) is 38.1 Å². The molecule has 2 N–H and O–H groups in total. The lowest BCUT2D eigenvalue weighted by Gasteiger charge is -2.26. The number of aromatic nitrogens is 2. The van der Waals surface area contributed by atoms with Gasteiger partial charge in [-0.25, -0.2) is 9.48 Å². The van der Waals surface area contributed by atoms with Gasteiger partial charge in [0.25, 0.3) is 0 Å². The Morgan fingerprint density at radius 1 is 1.31 bits per heavy atom. The predicted octanol–water partition coefficient (Wildman–Crippen LogP) is 1.92. The molecule has 158 valence electrons. The second-order valence-electron chi connectivity index (χ2n) is 6.28. The third-order valence-electron chi connectivity index (χ3n) is 4.64. The van der Waals surface area contributed by atoms with Gasteiger partial charge in [0, 0.05) is 19.6 Å². The SMILES string of the molecule is CCN(CC)C(=O)NC1=C(Cl)C(C(=O)c2cnn(CC)c2O)C(=S(=O)=O)C=C1C. The quantitative estimate of drug-likeness (QED) is 0.512. The van der Waals surface area contributed by atoms with E-state index in [2.05, 4.69) is 10.4 Å². The molecule has 0 aliphatic heterocycles. The lowest BCUT2D eigenvalue weighted by molar-refractivity contribution is 0.0968. The van der Waals surface area contributed by atoms with Crippen molar-refractivity contribution in [3.63, 3.8) is 0 Å². The molecule has 0 saturated heterocycles. The minimum atomic E-state index is -2.74. The number of aromatic hydroxyl groups is 1. The van der Waals surface area contributed by atoms with Gasteiger partial charge < -0.3 is 15.3 Å². The molecule has 1 aliphatic rings. The summed E-state index contributed by atoms with van der Waals surface area (Å²) in [4.78, 5) is 26.8. The van der Waals surface area contributed by atoms with E-state index in [1.54, 1.807) is 13.8 Å². The zero-order valence-electron chi connectivity index (χ0n) is 16.6. The van der Waals surface area contributed by atoms with Gasteiger partial charge in [0.15, 0.2) is 5.78 Å². The number of nitrogens with one attached hydrogen (secondary N) is 1. The van der Waals surface area contributed by atoms with E-state index in [0.29, 0.717) is 25.2 Å². The molecule has 0 saturated carbocycles. The molecule has 0 bridgehead atoms.